The van der Waals surface area contributed by atoms with E-state index in [2.05, 4.69) is 45.3 Å². The Morgan fingerprint density at radius 1 is 1.11 bits per heavy atom. The molecule has 0 fully saturated rings. The fourth-order valence-corrected chi connectivity index (χ4v) is 5.66. The minimum Gasteiger partial charge on any atom is -0.290 e. The van der Waals surface area contributed by atoms with Crippen molar-refractivity contribution in [3.05, 3.63) is 87.1 Å². The zero-order valence-corrected chi connectivity index (χ0v) is 17.6. The molecule has 0 radical (unpaired) electrons. The Bertz CT molecular complexity index is 1050. The standard InChI is InChI=1S/C21H21ClN2O2S2/c22-19-6-3-7-20(12-19)28(25,26)23-13-21(18-9-11-27-15-18)24-10-8-16-4-1-2-5-17(16)14-24/h1-7,9,11-12,15,21,23H,8,10,13-14H2/t21-/m0/s1. The molecule has 1 atom stereocenters. The van der Waals surface area contributed by atoms with Crippen molar-refractivity contribution in [2.75, 3.05) is 13.1 Å². The summed E-state index contributed by atoms with van der Waals surface area (Å²) < 4.78 is 28.3. The highest BCUT2D eigenvalue weighted by molar-refractivity contribution is 7.89. The van der Waals surface area contributed by atoms with Crippen molar-refractivity contribution < 1.29 is 8.42 Å². The molecule has 1 N–H and O–H groups in total. The maximum atomic E-state index is 12.8. The molecule has 1 aliphatic rings. The molecule has 28 heavy (non-hydrogen) atoms. The molecule has 7 heteroatoms. The topological polar surface area (TPSA) is 49.4 Å². The van der Waals surface area contributed by atoms with E-state index in [1.165, 1.54) is 17.2 Å². The molecule has 0 saturated heterocycles. The predicted octanol–water partition coefficient (Wildman–Crippen LogP) is 4.48. The van der Waals surface area contributed by atoms with Crippen LogP contribution < -0.4 is 4.72 Å². The summed E-state index contributed by atoms with van der Waals surface area (Å²) in [5, 5.41) is 4.54. The lowest BCUT2D eigenvalue weighted by Crippen LogP contribution is -2.40. The third kappa shape index (κ3) is 4.31. The second-order valence-corrected chi connectivity index (χ2v) is 9.85. The molecule has 1 aliphatic heterocycles. The lowest BCUT2D eigenvalue weighted by atomic mass is 9.97. The van der Waals surface area contributed by atoms with Gasteiger partial charge in [0.15, 0.2) is 0 Å². The molecular formula is C21H21ClN2O2S2. The molecule has 0 aliphatic carbocycles. The van der Waals surface area contributed by atoms with E-state index in [9.17, 15) is 8.42 Å². The molecule has 2 aromatic carbocycles. The van der Waals surface area contributed by atoms with Gasteiger partial charge in [-0.2, -0.15) is 11.3 Å². The van der Waals surface area contributed by atoms with Gasteiger partial charge in [-0.15, -0.1) is 0 Å². The van der Waals surface area contributed by atoms with Crippen molar-refractivity contribution >= 4 is 33.0 Å². The number of hydrogen-bond donors (Lipinski definition) is 1. The summed E-state index contributed by atoms with van der Waals surface area (Å²) in [6.07, 6.45) is 0.970. The largest absolute Gasteiger partial charge is 0.290 e. The van der Waals surface area contributed by atoms with Gasteiger partial charge in [0.25, 0.3) is 0 Å². The summed E-state index contributed by atoms with van der Waals surface area (Å²) in [6.45, 7) is 2.03. The van der Waals surface area contributed by atoms with E-state index in [4.69, 9.17) is 11.6 Å². The molecule has 0 bridgehead atoms. The predicted molar refractivity (Wildman–Crippen MR) is 114 cm³/mol. The normalized spacial score (nSPS) is 15.9. The Hall–Kier alpha value is -1.70. The van der Waals surface area contributed by atoms with Crippen LogP contribution in [-0.2, 0) is 23.0 Å². The number of hydrogen-bond acceptors (Lipinski definition) is 4. The van der Waals surface area contributed by atoms with Crippen molar-refractivity contribution in [3.8, 4) is 0 Å². The van der Waals surface area contributed by atoms with Crippen LogP contribution in [0.25, 0.3) is 0 Å². The maximum Gasteiger partial charge on any atom is 0.240 e. The van der Waals surface area contributed by atoms with Crippen LogP contribution in [0.1, 0.15) is 22.7 Å². The first-order valence-corrected chi connectivity index (χ1v) is 11.9. The molecule has 0 unspecified atom stereocenters. The van der Waals surface area contributed by atoms with Crippen molar-refractivity contribution in [2.45, 2.75) is 23.9 Å². The first-order chi connectivity index (χ1) is 13.5. The highest BCUT2D eigenvalue weighted by Gasteiger charge is 2.27. The lowest BCUT2D eigenvalue weighted by molar-refractivity contribution is 0.181. The third-order valence-corrected chi connectivity index (χ3v) is 7.46. The summed E-state index contributed by atoms with van der Waals surface area (Å²) in [4.78, 5) is 2.54. The Labute approximate surface area is 174 Å². The number of benzene rings is 2. The molecule has 1 aromatic heterocycles. The van der Waals surface area contributed by atoms with Crippen LogP contribution in [0.3, 0.4) is 0 Å². The van der Waals surface area contributed by atoms with Gasteiger partial charge in [-0.25, -0.2) is 13.1 Å². The minimum absolute atomic E-state index is 0.0198. The average molecular weight is 433 g/mol. The maximum absolute atomic E-state index is 12.8. The van der Waals surface area contributed by atoms with Crippen LogP contribution in [0.2, 0.25) is 5.02 Å². The third-order valence-electron chi connectivity index (χ3n) is 5.10. The van der Waals surface area contributed by atoms with Crippen molar-refractivity contribution in [3.63, 3.8) is 0 Å². The molecule has 0 amide bonds. The van der Waals surface area contributed by atoms with Crippen LogP contribution in [0.15, 0.2) is 70.3 Å². The van der Waals surface area contributed by atoms with E-state index in [1.54, 1.807) is 29.5 Å². The number of nitrogens with one attached hydrogen (secondary N) is 1. The summed E-state index contributed by atoms with van der Waals surface area (Å²) in [6, 6.07) is 16.9. The van der Waals surface area contributed by atoms with E-state index in [0.717, 1.165) is 25.1 Å². The Kier molecular flexibility index (Phi) is 5.85. The van der Waals surface area contributed by atoms with Gasteiger partial charge in [0.1, 0.15) is 0 Å². The molecule has 3 aromatic rings. The van der Waals surface area contributed by atoms with E-state index < -0.39 is 10.0 Å². The molecule has 0 saturated carbocycles. The quantitative estimate of drug-likeness (QED) is 0.624. The number of thiophene rings is 1. The molecule has 2 heterocycles. The van der Waals surface area contributed by atoms with Gasteiger partial charge in [0.05, 0.1) is 4.90 Å². The Balaban J connectivity index is 1.55. The van der Waals surface area contributed by atoms with Crippen molar-refractivity contribution in [2.24, 2.45) is 0 Å². The lowest BCUT2D eigenvalue weighted by Gasteiger charge is -2.35. The van der Waals surface area contributed by atoms with Gasteiger partial charge in [0.2, 0.25) is 10.0 Å². The summed E-state index contributed by atoms with van der Waals surface area (Å²) in [5.41, 5.74) is 3.83. The van der Waals surface area contributed by atoms with E-state index in [-0.39, 0.29) is 10.9 Å². The molecule has 4 nitrogen and oxygen atoms in total. The summed E-state index contributed by atoms with van der Waals surface area (Å²) in [5.74, 6) is 0. The van der Waals surface area contributed by atoms with Gasteiger partial charge in [-0.1, -0.05) is 41.9 Å². The van der Waals surface area contributed by atoms with Gasteiger partial charge in [0, 0.05) is 30.7 Å². The van der Waals surface area contributed by atoms with Crippen molar-refractivity contribution in [1.82, 2.24) is 9.62 Å². The molecule has 146 valence electrons. The Morgan fingerprint density at radius 2 is 1.93 bits per heavy atom. The number of halogens is 1. The number of nitrogens with zero attached hydrogens (tertiary/aromatic N) is 1. The van der Waals surface area contributed by atoms with Crippen LogP contribution in [-0.4, -0.2) is 26.4 Å². The van der Waals surface area contributed by atoms with Crippen LogP contribution in [0, 0.1) is 0 Å². The first-order valence-electron chi connectivity index (χ1n) is 9.11. The van der Waals surface area contributed by atoms with Gasteiger partial charge in [-0.05, 0) is 58.1 Å². The van der Waals surface area contributed by atoms with Gasteiger partial charge >= 0.3 is 0 Å². The zero-order valence-electron chi connectivity index (χ0n) is 15.2. The smallest absolute Gasteiger partial charge is 0.240 e. The fraction of sp³-hybridized carbons (Fsp3) is 0.238. The van der Waals surface area contributed by atoms with Crippen molar-refractivity contribution in [1.29, 1.82) is 0 Å². The SMILES string of the molecule is O=S(=O)(NC[C@@H](c1ccsc1)N1CCc2ccccc2C1)c1cccc(Cl)c1. The highest BCUT2D eigenvalue weighted by Crippen LogP contribution is 2.29. The Morgan fingerprint density at radius 3 is 2.68 bits per heavy atom. The number of rotatable bonds is 6. The van der Waals surface area contributed by atoms with Crippen LogP contribution in [0.5, 0.6) is 0 Å². The molecule has 0 spiro atoms. The summed E-state index contributed by atoms with van der Waals surface area (Å²) >= 11 is 7.59. The minimum atomic E-state index is -3.63. The first kappa shape index (κ1) is 19.6. The monoisotopic (exact) mass is 432 g/mol. The summed E-state index contributed by atoms with van der Waals surface area (Å²) in [7, 11) is -3.63. The second kappa shape index (κ2) is 8.35. The average Bonchev–Trinajstić information content (AvgIpc) is 3.22. The van der Waals surface area contributed by atoms with E-state index in [0.29, 0.717) is 11.6 Å². The molecule has 4 rings (SSSR count). The second-order valence-electron chi connectivity index (χ2n) is 6.87. The van der Waals surface area contributed by atoms with Gasteiger partial charge in [-0.3, -0.25) is 4.90 Å². The number of fused-ring (bicyclic) bond motifs is 1. The van der Waals surface area contributed by atoms with E-state index >= 15 is 0 Å². The fourth-order valence-electron chi connectivity index (χ4n) is 3.61. The van der Waals surface area contributed by atoms with E-state index in [1.807, 2.05) is 5.38 Å². The molecular weight excluding hydrogens is 412 g/mol. The van der Waals surface area contributed by atoms with Crippen LogP contribution >= 0.6 is 22.9 Å². The zero-order chi connectivity index (χ0) is 19.6. The van der Waals surface area contributed by atoms with Crippen LogP contribution in [0.4, 0.5) is 0 Å². The van der Waals surface area contributed by atoms with Gasteiger partial charge < -0.3 is 0 Å². The highest BCUT2D eigenvalue weighted by atomic mass is 35.5. The number of sulfonamides is 1.